The molecule has 0 radical (unpaired) electrons. The highest BCUT2D eigenvalue weighted by atomic mass is 16.6. The largest absolute Gasteiger partial charge is 0.618 e. The summed E-state index contributed by atoms with van der Waals surface area (Å²) in [6.45, 7) is 1.01. The number of rotatable bonds is 4. The van der Waals surface area contributed by atoms with Crippen LogP contribution in [0.4, 0.5) is 0 Å². The van der Waals surface area contributed by atoms with Crippen LogP contribution in [-0.2, 0) is 11.3 Å². The molecule has 3 aromatic rings. The van der Waals surface area contributed by atoms with Gasteiger partial charge in [0.25, 0.3) is 0 Å². The lowest BCUT2D eigenvalue weighted by Gasteiger charge is -2.21. The summed E-state index contributed by atoms with van der Waals surface area (Å²) in [6.07, 6.45) is 1.28. The summed E-state index contributed by atoms with van der Waals surface area (Å²) in [6, 6.07) is 12.9. The molecule has 2 aromatic carbocycles. The number of methoxy groups -OCH3 is 1. The minimum atomic E-state index is -0.773. The van der Waals surface area contributed by atoms with Gasteiger partial charge in [-0.3, -0.25) is 0 Å². The lowest BCUT2D eigenvalue weighted by molar-refractivity contribution is -0.607. The standard InChI is InChI=1S/C20H17NO6/c1-24-20(22)17-19(27-12-13-5-3-2-4-6-13)14-7-8-16-18(26-10-9-25-16)15(14)11-21(17)23/h2-8,11H,9-10,12H2,1H3. The fraction of sp³-hybridized carbons (Fsp3) is 0.200. The van der Waals surface area contributed by atoms with Gasteiger partial charge in [-0.25, -0.2) is 4.79 Å². The molecule has 7 nitrogen and oxygen atoms in total. The molecular formula is C20H17NO6. The van der Waals surface area contributed by atoms with Crippen molar-refractivity contribution in [1.29, 1.82) is 0 Å². The fourth-order valence-electron chi connectivity index (χ4n) is 3.03. The molecule has 27 heavy (non-hydrogen) atoms. The summed E-state index contributed by atoms with van der Waals surface area (Å²) >= 11 is 0. The highest BCUT2D eigenvalue weighted by Crippen LogP contribution is 2.41. The number of carbonyl (C=O) groups is 1. The lowest BCUT2D eigenvalue weighted by Crippen LogP contribution is -2.35. The minimum absolute atomic E-state index is 0.148. The predicted octanol–water partition coefficient (Wildman–Crippen LogP) is 2.61. The first-order valence-corrected chi connectivity index (χ1v) is 8.42. The van der Waals surface area contributed by atoms with Gasteiger partial charge in [-0.2, -0.15) is 4.73 Å². The predicted molar refractivity (Wildman–Crippen MR) is 96.0 cm³/mol. The Balaban J connectivity index is 1.87. The zero-order chi connectivity index (χ0) is 18.8. The van der Waals surface area contributed by atoms with Crippen LogP contribution in [0.1, 0.15) is 16.1 Å². The topological polar surface area (TPSA) is 80.9 Å². The zero-order valence-electron chi connectivity index (χ0n) is 14.6. The molecule has 0 spiro atoms. The van der Waals surface area contributed by atoms with Crippen molar-refractivity contribution >= 4 is 16.7 Å². The maximum absolute atomic E-state index is 12.6. The van der Waals surface area contributed by atoms with E-state index in [0.29, 0.717) is 40.2 Å². The second-order valence-electron chi connectivity index (χ2n) is 5.95. The molecule has 0 saturated carbocycles. The molecule has 1 aliphatic rings. The van der Waals surface area contributed by atoms with Gasteiger partial charge in [-0.1, -0.05) is 30.3 Å². The first-order valence-electron chi connectivity index (χ1n) is 8.42. The van der Waals surface area contributed by atoms with E-state index in [1.807, 2.05) is 30.3 Å². The molecule has 0 N–H and O–H groups in total. The van der Waals surface area contributed by atoms with E-state index in [4.69, 9.17) is 18.9 Å². The van der Waals surface area contributed by atoms with Crippen molar-refractivity contribution in [2.45, 2.75) is 6.61 Å². The molecule has 1 aromatic heterocycles. The van der Waals surface area contributed by atoms with Gasteiger partial charge in [0.05, 0.1) is 12.5 Å². The molecule has 138 valence electrons. The van der Waals surface area contributed by atoms with E-state index in [9.17, 15) is 10.0 Å². The lowest BCUT2D eigenvalue weighted by atomic mass is 10.1. The van der Waals surface area contributed by atoms with Gasteiger partial charge in [-0.15, -0.1) is 0 Å². The number of aromatic nitrogens is 1. The highest BCUT2D eigenvalue weighted by molar-refractivity contribution is 6.00. The number of hydrogen-bond acceptors (Lipinski definition) is 6. The van der Waals surface area contributed by atoms with Crippen LogP contribution in [0.3, 0.4) is 0 Å². The van der Waals surface area contributed by atoms with Crippen molar-refractivity contribution in [1.82, 2.24) is 0 Å². The Morgan fingerprint density at radius 1 is 1.11 bits per heavy atom. The van der Waals surface area contributed by atoms with Crippen molar-refractivity contribution in [3.8, 4) is 17.2 Å². The van der Waals surface area contributed by atoms with Gasteiger partial charge < -0.3 is 24.2 Å². The molecule has 0 bridgehead atoms. The summed E-state index contributed by atoms with van der Waals surface area (Å²) in [5, 5.41) is 13.7. The van der Waals surface area contributed by atoms with Crippen molar-refractivity contribution in [2.24, 2.45) is 0 Å². The van der Waals surface area contributed by atoms with Gasteiger partial charge in [0.1, 0.15) is 19.8 Å². The second-order valence-corrected chi connectivity index (χ2v) is 5.95. The molecule has 0 unspecified atom stereocenters. The van der Waals surface area contributed by atoms with E-state index in [2.05, 4.69) is 0 Å². The Morgan fingerprint density at radius 2 is 1.89 bits per heavy atom. The van der Waals surface area contributed by atoms with Gasteiger partial charge in [-0.05, 0) is 17.7 Å². The third-order valence-electron chi connectivity index (χ3n) is 4.28. The average Bonchev–Trinajstić information content (AvgIpc) is 2.72. The number of carbonyl (C=O) groups excluding carboxylic acids is 1. The van der Waals surface area contributed by atoms with Gasteiger partial charge in [0, 0.05) is 5.39 Å². The van der Waals surface area contributed by atoms with E-state index in [1.165, 1.54) is 13.3 Å². The second kappa shape index (κ2) is 7.03. The van der Waals surface area contributed by atoms with Crippen LogP contribution in [0.2, 0.25) is 0 Å². The molecule has 4 rings (SSSR count). The maximum Gasteiger partial charge on any atom is 0.408 e. The number of fused-ring (bicyclic) bond motifs is 3. The Bertz CT molecular complexity index is 1000. The minimum Gasteiger partial charge on any atom is -0.618 e. The van der Waals surface area contributed by atoms with Crippen LogP contribution in [-0.4, -0.2) is 26.3 Å². The first-order chi connectivity index (χ1) is 13.2. The van der Waals surface area contributed by atoms with E-state index in [-0.39, 0.29) is 18.1 Å². The molecule has 0 fully saturated rings. The van der Waals surface area contributed by atoms with Gasteiger partial charge in [0.15, 0.2) is 17.7 Å². The van der Waals surface area contributed by atoms with Crippen LogP contribution in [0.5, 0.6) is 17.2 Å². The summed E-state index contributed by atoms with van der Waals surface area (Å²) in [5.41, 5.74) is 0.693. The van der Waals surface area contributed by atoms with Crippen LogP contribution in [0, 0.1) is 5.21 Å². The molecule has 0 aliphatic carbocycles. The number of benzene rings is 2. The van der Waals surface area contributed by atoms with Crippen molar-refractivity contribution in [3.63, 3.8) is 0 Å². The molecule has 7 heteroatoms. The normalized spacial score (nSPS) is 12.6. The SMILES string of the molecule is COC(=O)c1c(OCc2ccccc2)c2ccc3c(c2c[n+]1[O-])OCCO3. The fourth-order valence-corrected chi connectivity index (χ4v) is 3.03. The molecular weight excluding hydrogens is 350 g/mol. The molecule has 0 saturated heterocycles. The summed E-state index contributed by atoms with van der Waals surface area (Å²) in [7, 11) is 1.22. The van der Waals surface area contributed by atoms with Crippen LogP contribution < -0.4 is 18.9 Å². The third-order valence-corrected chi connectivity index (χ3v) is 4.28. The number of nitrogens with zero attached hydrogens (tertiary/aromatic N) is 1. The van der Waals surface area contributed by atoms with Crippen molar-refractivity contribution < 1.29 is 28.5 Å². The quantitative estimate of drug-likeness (QED) is 0.401. The Kier molecular flexibility index (Phi) is 4.42. The molecule has 0 atom stereocenters. The highest BCUT2D eigenvalue weighted by Gasteiger charge is 2.30. The molecule has 1 aliphatic heterocycles. The maximum atomic E-state index is 12.6. The van der Waals surface area contributed by atoms with Gasteiger partial charge in [0.2, 0.25) is 5.75 Å². The average molecular weight is 367 g/mol. The summed E-state index contributed by atoms with van der Waals surface area (Å²) in [4.78, 5) is 12.2. The zero-order valence-corrected chi connectivity index (χ0v) is 14.6. The number of ether oxygens (including phenoxy) is 4. The Morgan fingerprint density at radius 3 is 2.67 bits per heavy atom. The summed E-state index contributed by atoms with van der Waals surface area (Å²) < 4.78 is 22.4. The number of hydrogen-bond donors (Lipinski definition) is 0. The third kappa shape index (κ3) is 3.08. The Labute approximate surface area is 155 Å². The van der Waals surface area contributed by atoms with Crippen LogP contribution in [0.25, 0.3) is 10.8 Å². The van der Waals surface area contributed by atoms with E-state index >= 15 is 0 Å². The van der Waals surface area contributed by atoms with Crippen molar-refractivity contribution in [2.75, 3.05) is 20.3 Å². The number of esters is 1. The smallest absolute Gasteiger partial charge is 0.408 e. The monoisotopic (exact) mass is 367 g/mol. The Hall–Kier alpha value is -3.48. The van der Waals surface area contributed by atoms with Crippen LogP contribution in [0.15, 0.2) is 48.7 Å². The van der Waals surface area contributed by atoms with Crippen LogP contribution >= 0.6 is 0 Å². The van der Waals surface area contributed by atoms with Gasteiger partial charge >= 0.3 is 11.7 Å². The van der Waals surface area contributed by atoms with E-state index in [0.717, 1.165) is 5.56 Å². The molecule has 0 amide bonds. The van der Waals surface area contributed by atoms with E-state index < -0.39 is 5.97 Å². The first kappa shape index (κ1) is 17.0. The summed E-state index contributed by atoms with van der Waals surface area (Å²) in [5.74, 6) is 0.387. The van der Waals surface area contributed by atoms with E-state index in [1.54, 1.807) is 12.1 Å². The number of pyridine rings is 1. The van der Waals surface area contributed by atoms with Crippen molar-refractivity contribution in [3.05, 3.63) is 65.1 Å². The molecule has 2 heterocycles.